The average Bonchev–Trinajstić information content (AvgIpc) is 2.95. The van der Waals surface area contributed by atoms with Gasteiger partial charge in [-0.3, -0.25) is 0 Å². The number of carbonyl (C=O) groups is 2. The maximum Gasteiger partial charge on any atom is 0.336 e. The van der Waals surface area contributed by atoms with Gasteiger partial charge in [-0.15, -0.1) is 0 Å². The highest BCUT2D eigenvalue weighted by molar-refractivity contribution is 5.98. The number of aromatic nitrogens is 1. The summed E-state index contributed by atoms with van der Waals surface area (Å²) >= 11 is 0. The van der Waals surface area contributed by atoms with Crippen molar-refractivity contribution in [3.63, 3.8) is 0 Å². The minimum absolute atomic E-state index is 0.0268. The number of allylic oxidation sites excluding steroid dienone is 1. The quantitative estimate of drug-likeness (QED) is 0.529. The van der Waals surface area contributed by atoms with E-state index < -0.39 is 17.9 Å². The van der Waals surface area contributed by atoms with Gasteiger partial charge in [-0.1, -0.05) is 0 Å². The predicted octanol–water partition coefficient (Wildman–Crippen LogP) is -0.0228. The summed E-state index contributed by atoms with van der Waals surface area (Å²) < 4.78 is 0.530. The van der Waals surface area contributed by atoms with Crippen molar-refractivity contribution in [1.82, 2.24) is 10.2 Å². The van der Waals surface area contributed by atoms with Crippen molar-refractivity contribution in [2.45, 2.75) is 12.8 Å². The second kappa shape index (κ2) is 5.31. The van der Waals surface area contributed by atoms with Crippen LogP contribution in [0.3, 0.4) is 0 Å². The molecule has 3 N–H and O–H groups in total. The highest BCUT2D eigenvalue weighted by Gasteiger charge is 2.42. The van der Waals surface area contributed by atoms with Crippen LogP contribution >= 0.6 is 0 Å². The van der Waals surface area contributed by atoms with E-state index in [1.54, 1.807) is 17.9 Å². The molecular weight excluding hydrogens is 302 g/mol. The summed E-state index contributed by atoms with van der Waals surface area (Å²) in [5, 5.41) is 33.8. The topological polar surface area (TPSA) is 117 Å². The van der Waals surface area contributed by atoms with Crippen LogP contribution in [-0.4, -0.2) is 40.1 Å². The van der Waals surface area contributed by atoms with Gasteiger partial charge in [0.25, 0.3) is 0 Å². The summed E-state index contributed by atoms with van der Waals surface area (Å²) in [6, 6.07) is 3.03. The molecule has 0 aromatic carbocycles. The fourth-order valence-electron chi connectivity index (χ4n) is 3.18. The molecule has 23 heavy (non-hydrogen) atoms. The molecule has 3 rings (SSSR count). The van der Waals surface area contributed by atoms with Crippen LogP contribution in [-0.2, 0) is 9.59 Å². The molecule has 2 aliphatic heterocycles. The average molecular weight is 317 g/mol. The minimum atomic E-state index is -1.21. The molecule has 1 unspecified atom stereocenters. The van der Waals surface area contributed by atoms with E-state index in [9.17, 15) is 25.0 Å². The molecule has 1 atom stereocenters. The second-order valence-corrected chi connectivity index (χ2v) is 5.38. The number of hydrogen-bond donors (Lipinski definition) is 3. The molecule has 8 nitrogen and oxygen atoms in total. The Morgan fingerprint density at radius 2 is 2.04 bits per heavy atom. The molecule has 120 valence electrons. The number of carboxylic acid groups (broad SMARTS) is 2. The van der Waals surface area contributed by atoms with Crippen molar-refractivity contribution in [2.75, 3.05) is 13.1 Å². The SMILES string of the molecule is CC1=C(C(=O)O)C(c2ccc[n+]([O-])c2)C(C(=O)O)=C2NCCN12. The van der Waals surface area contributed by atoms with Crippen LogP contribution < -0.4 is 10.0 Å². The largest absolute Gasteiger partial charge is 0.619 e. The molecule has 0 radical (unpaired) electrons. The maximum absolute atomic E-state index is 11.8. The first-order valence-electron chi connectivity index (χ1n) is 7.03. The van der Waals surface area contributed by atoms with Crippen LogP contribution in [0.2, 0.25) is 0 Å². The Morgan fingerprint density at radius 3 is 2.65 bits per heavy atom. The lowest BCUT2D eigenvalue weighted by molar-refractivity contribution is -0.605. The van der Waals surface area contributed by atoms with Crippen molar-refractivity contribution < 1.29 is 24.5 Å². The van der Waals surface area contributed by atoms with Gasteiger partial charge in [0.15, 0.2) is 12.4 Å². The zero-order valence-electron chi connectivity index (χ0n) is 12.3. The molecule has 1 aromatic heterocycles. The molecular formula is C15H15N3O5. The highest BCUT2D eigenvalue weighted by atomic mass is 16.5. The first-order chi connectivity index (χ1) is 10.9. The van der Waals surface area contributed by atoms with Crippen molar-refractivity contribution in [3.05, 3.63) is 58.0 Å². The van der Waals surface area contributed by atoms with Crippen molar-refractivity contribution in [3.8, 4) is 0 Å². The van der Waals surface area contributed by atoms with Gasteiger partial charge in [0, 0.05) is 30.4 Å². The first kappa shape index (κ1) is 14.9. The van der Waals surface area contributed by atoms with Crippen molar-refractivity contribution in [2.24, 2.45) is 0 Å². The summed E-state index contributed by atoms with van der Waals surface area (Å²) in [5.74, 6) is -3.02. The predicted molar refractivity (Wildman–Crippen MR) is 77.8 cm³/mol. The second-order valence-electron chi connectivity index (χ2n) is 5.38. The van der Waals surface area contributed by atoms with E-state index >= 15 is 0 Å². The summed E-state index contributed by atoms with van der Waals surface area (Å²) in [4.78, 5) is 25.3. The Balaban J connectivity index is 2.28. The lowest BCUT2D eigenvalue weighted by Crippen LogP contribution is -2.35. The van der Waals surface area contributed by atoms with E-state index in [1.165, 1.54) is 18.5 Å². The zero-order chi connectivity index (χ0) is 16.7. The van der Waals surface area contributed by atoms with Crippen LogP contribution in [0.4, 0.5) is 0 Å². The van der Waals surface area contributed by atoms with Gasteiger partial charge in [-0.2, -0.15) is 4.73 Å². The number of hydrogen-bond acceptors (Lipinski definition) is 5. The third-order valence-electron chi connectivity index (χ3n) is 4.12. The minimum Gasteiger partial charge on any atom is -0.619 e. The van der Waals surface area contributed by atoms with Gasteiger partial charge in [0.1, 0.15) is 5.82 Å². The molecule has 2 aliphatic rings. The molecule has 1 fully saturated rings. The fraction of sp³-hybridized carbons (Fsp3) is 0.267. The molecule has 1 saturated heterocycles. The molecule has 3 heterocycles. The van der Waals surface area contributed by atoms with E-state index in [0.717, 1.165) is 0 Å². The van der Waals surface area contributed by atoms with Crippen LogP contribution in [0.15, 0.2) is 47.2 Å². The van der Waals surface area contributed by atoms with Crippen LogP contribution in [0.25, 0.3) is 0 Å². The number of fused-ring (bicyclic) bond motifs is 1. The van der Waals surface area contributed by atoms with Gasteiger partial charge < -0.3 is 25.6 Å². The van der Waals surface area contributed by atoms with Gasteiger partial charge in [0.05, 0.1) is 17.1 Å². The summed E-state index contributed by atoms with van der Waals surface area (Å²) in [6.07, 6.45) is 2.46. The van der Waals surface area contributed by atoms with E-state index in [4.69, 9.17) is 0 Å². The van der Waals surface area contributed by atoms with E-state index in [2.05, 4.69) is 5.32 Å². The number of rotatable bonds is 3. The van der Waals surface area contributed by atoms with Gasteiger partial charge in [-0.05, 0) is 13.0 Å². The molecule has 8 heteroatoms. The molecule has 0 spiro atoms. The zero-order valence-corrected chi connectivity index (χ0v) is 12.3. The number of nitrogens with one attached hydrogen (secondary N) is 1. The Morgan fingerprint density at radius 1 is 1.35 bits per heavy atom. The smallest absolute Gasteiger partial charge is 0.336 e. The third kappa shape index (κ3) is 2.28. The maximum atomic E-state index is 11.8. The molecule has 0 bridgehead atoms. The summed E-state index contributed by atoms with van der Waals surface area (Å²) in [6.45, 7) is 2.67. The summed E-state index contributed by atoms with van der Waals surface area (Å²) in [5.41, 5.74) is 0.726. The molecule has 0 aliphatic carbocycles. The Bertz CT molecular complexity index is 768. The number of pyridine rings is 1. The number of nitrogens with zero attached hydrogens (tertiary/aromatic N) is 2. The molecule has 1 aromatic rings. The third-order valence-corrected chi connectivity index (χ3v) is 4.12. The lowest BCUT2D eigenvalue weighted by atomic mass is 9.81. The van der Waals surface area contributed by atoms with Crippen molar-refractivity contribution in [1.29, 1.82) is 0 Å². The van der Waals surface area contributed by atoms with E-state index in [1.807, 2.05) is 0 Å². The van der Waals surface area contributed by atoms with Crippen molar-refractivity contribution >= 4 is 11.9 Å². The van der Waals surface area contributed by atoms with Gasteiger partial charge in [-0.25, -0.2) is 9.59 Å². The monoisotopic (exact) mass is 317 g/mol. The molecule has 0 amide bonds. The Kier molecular flexibility index (Phi) is 3.44. The van der Waals surface area contributed by atoms with Gasteiger partial charge in [0.2, 0.25) is 0 Å². The number of aliphatic carboxylic acids is 2. The first-order valence-corrected chi connectivity index (χ1v) is 7.03. The van der Waals surface area contributed by atoms with E-state index in [0.29, 0.717) is 34.9 Å². The lowest BCUT2D eigenvalue weighted by Gasteiger charge is -2.33. The Hall–Kier alpha value is -3.03. The number of carboxylic acids is 2. The van der Waals surface area contributed by atoms with Crippen LogP contribution in [0.5, 0.6) is 0 Å². The fourth-order valence-corrected chi connectivity index (χ4v) is 3.18. The highest BCUT2D eigenvalue weighted by Crippen LogP contribution is 2.41. The molecule has 0 saturated carbocycles. The summed E-state index contributed by atoms with van der Waals surface area (Å²) in [7, 11) is 0. The normalized spacial score (nSPS) is 20.4. The van der Waals surface area contributed by atoms with Crippen LogP contribution in [0.1, 0.15) is 18.4 Å². The standard InChI is InChI=1S/C15H15N3O5/c1-8-10(14(19)20)11(9-3-2-5-17(23)7-9)12(15(21)22)13-16-4-6-18(8)13/h2-3,5,7,11,16H,4,6H2,1H3,(H,19,20)(H,21,22). The van der Waals surface area contributed by atoms with Gasteiger partial charge >= 0.3 is 11.9 Å². The van der Waals surface area contributed by atoms with Crippen LogP contribution in [0, 0.1) is 5.21 Å². The van der Waals surface area contributed by atoms with E-state index in [-0.39, 0.29) is 11.1 Å². The Labute approximate surface area is 131 Å².